The van der Waals surface area contributed by atoms with Crippen molar-refractivity contribution < 1.29 is 10.2 Å². The fourth-order valence-corrected chi connectivity index (χ4v) is 0.499. The second-order valence-corrected chi connectivity index (χ2v) is 1.87. The number of aliphatic hydroxyl groups excluding tert-OH is 2. The van der Waals surface area contributed by atoms with Gasteiger partial charge in [-0.3, -0.25) is 0 Å². The Labute approximate surface area is 67.0 Å². The first kappa shape index (κ1) is 12.6. The van der Waals surface area contributed by atoms with Crippen molar-refractivity contribution in [3.63, 3.8) is 0 Å². The molecule has 0 unspecified atom stereocenters. The van der Waals surface area contributed by atoms with Crippen LogP contribution in [0, 0.1) is 0 Å². The molecule has 62 valence electrons. The maximum absolute atomic E-state index is 8.92. The van der Waals surface area contributed by atoms with E-state index in [1.807, 2.05) is 0 Å². The number of halogens is 1. The Balaban J connectivity index is 0. The lowest BCUT2D eigenvalue weighted by molar-refractivity contribution is 0.0451. The van der Waals surface area contributed by atoms with E-state index in [2.05, 4.69) is 6.58 Å². The van der Waals surface area contributed by atoms with Crippen LogP contribution in [0.3, 0.4) is 0 Å². The van der Waals surface area contributed by atoms with Crippen molar-refractivity contribution in [2.45, 2.75) is 18.6 Å². The summed E-state index contributed by atoms with van der Waals surface area (Å²) in [6.07, 6.45) is 0.106. The van der Waals surface area contributed by atoms with Crippen molar-refractivity contribution in [2.75, 3.05) is 6.54 Å². The Kier molecular flexibility index (Phi) is 8.83. The summed E-state index contributed by atoms with van der Waals surface area (Å²) in [5, 5.41) is 17.8. The van der Waals surface area contributed by atoms with Gasteiger partial charge in [0.2, 0.25) is 0 Å². The van der Waals surface area contributed by atoms with E-state index in [0.717, 1.165) is 0 Å². The molecule has 0 rings (SSSR count). The van der Waals surface area contributed by atoms with Crippen LogP contribution in [0.2, 0.25) is 0 Å². The number of hydrogen-bond acceptors (Lipinski definition) is 3. The van der Waals surface area contributed by atoms with Gasteiger partial charge in [-0.15, -0.1) is 19.0 Å². The molecule has 0 radical (unpaired) electrons. The van der Waals surface area contributed by atoms with Crippen LogP contribution < -0.4 is 5.73 Å². The Morgan fingerprint density at radius 3 is 2.30 bits per heavy atom. The van der Waals surface area contributed by atoms with E-state index >= 15 is 0 Å². The lowest BCUT2D eigenvalue weighted by atomic mass is 10.1. The lowest BCUT2D eigenvalue weighted by Gasteiger charge is -2.11. The molecule has 0 saturated heterocycles. The quantitative estimate of drug-likeness (QED) is 0.503. The van der Waals surface area contributed by atoms with E-state index in [4.69, 9.17) is 15.9 Å². The van der Waals surface area contributed by atoms with E-state index in [0.29, 0.717) is 13.0 Å². The summed E-state index contributed by atoms with van der Waals surface area (Å²) < 4.78 is 0. The molecule has 0 aliphatic carbocycles. The van der Waals surface area contributed by atoms with Crippen LogP contribution >= 0.6 is 12.4 Å². The molecule has 0 bridgehead atoms. The second kappa shape index (κ2) is 7.02. The highest BCUT2D eigenvalue weighted by Crippen LogP contribution is 1.97. The summed E-state index contributed by atoms with van der Waals surface area (Å²) in [4.78, 5) is 0. The van der Waals surface area contributed by atoms with E-state index in [9.17, 15) is 0 Å². The van der Waals surface area contributed by atoms with Gasteiger partial charge in [0, 0.05) is 0 Å². The molecule has 0 aromatic rings. The molecule has 0 aliphatic rings. The number of nitrogens with two attached hydrogens (primary N) is 1. The van der Waals surface area contributed by atoms with Crippen molar-refractivity contribution in [3.8, 4) is 0 Å². The number of hydrogen-bond donors (Lipinski definition) is 3. The van der Waals surface area contributed by atoms with Crippen molar-refractivity contribution in [3.05, 3.63) is 12.7 Å². The maximum atomic E-state index is 8.92. The minimum absolute atomic E-state index is 0. The first-order valence-electron chi connectivity index (χ1n) is 2.91. The summed E-state index contributed by atoms with van der Waals surface area (Å²) in [6, 6.07) is 0. The fourth-order valence-electron chi connectivity index (χ4n) is 0.499. The molecular formula is C6H14ClNO2. The molecule has 4 heteroatoms. The molecule has 10 heavy (non-hydrogen) atoms. The predicted octanol–water partition coefficient (Wildman–Crippen LogP) is -0.335. The van der Waals surface area contributed by atoms with E-state index in [-0.39, 0.29) is 12.4 Å². The van der Waals surface area contributed by atoms with Crippen LogP contribution in [0.15, 0.2) is 12.7 Å². The normalized spacial score (nSPS) is 15.1. The van der Waals surface area contributed by atoms with Crippen molar-refractivity contribution in [2.24, 2.45) is 5.73 Å². The summed E-state index contributed by atoms with van der Waals surface area (Å²) in [5.41, 5.74) is 5.12. The Bertz CT molecular complexity index is 89.8. The minimum atomic E-state index is -0.839. The zero-order valence-electron chi connectivity index (χ0n) is 5.73. The van der Waals surface area contributed by atoms with Crippen LogP contribution in [0.25, 0.3) is 0 Å². The van der Waals surface area contributed by atoms with Crippen molar-refractivity contribution >= 4 is 12.4 Å². The van der Waals surface area contributed by atoms with Crippen molar-refractivity contribution in [1.82, 2.24) is 0 Å². The van der Waals surface area contributed by atoms with E-state index in [1.165, 1.54) is 6.08 Å². The lowest BCUT2D eigenvalue weighted by Crippen LogP contribution is -2.26. The van der Waals surface area contributed by atoms with Gasteiger partial charge in [-0.25, -0.2) is 0 Å². The highest BCUT2D eigenvalue weighted by atomic mass is 35.5. The summed E-state index contributed by atoms with van der Waals surface area (Å²) in [7, 11) is 0. The van der Waals surface area contributed by atoms with Crippen LogP contribution in [0.4, 0.5) is 0 Å². The Morgan fingerprint density at radius 2 is 2.00 bits per heavy atom. The number of rotatable bonds is 4. The van der Waals surface area contributed by atoms with Gasteiger partial charge in [0.25, 0.3) is 0 Å². The highest BCUT2D eigenvalue weighted by molar-refractivity contribution is 5.85. The third-order valence-electron chi connectivity index (χ3n) is 1.10. The molecule has 0 aliphatic heterocycles. The van der Waals surface area contributed by atoms with Crippen molar-refractivity contribution in [1.29, 1.82) is 0 Å². The zero-order valence-corrected chi connectivity index (χ0v) is 6.55. The molecule has 0 amide bonds. The van der Waals surface area contributed by atoms with Crippen LogP contribution in [0.1, 0.15) is 6.42 Å². The SMILES string of the molecule is C=C[C@@H](O)[C@H](O)CCN.Cl. The second-order valence-electron chi connectivity index (χ2n) is 1.87. The largest absolute Gasteiger partial charge is 0.390 e. The standard InChI is InChI=1S/C6H13NO2.ClH/c1-2-5(8)6(9)3-4-7;/h2,5-6,8-9H,1,3-4,7H2;1H/t5-,6-;/m1./s1. The van der Waals surface area contributed by atoms with E-state index < -0.39 is 12.2 Å². The third-order valence-corrected chi connectivity index (χ3v) is 1.10. The van der Waals surface area contributed by atoms with Gasteiger partial charge >= 0.3 is 0 Å². The van der Waals surface area contributed by atoms with Gasteiger partial charge in [-0.05, 0) is 13.0 Å². The summed E-state index contributed by atoms with van der Waals surface area (Å²) >= 11 is 0. The van der Waals surface area contributed by atoms with E-state index in [1.54, 1.807) is 0 Å². The van der Waals surface area contributed by atoms with Gasteiger partial charge in [0.1, 0.15) is 0 Å². The fraction of sp³-hybridized carbons (Fsp3) is 0.667. The minimum Gasteiger partial charge on any atom is -0.390 e. The molecular weight excluding hydrogens is 154 g/mol. The summed E-state index contributed by atoms with van der Waals surface area (Å²) in [5.74, 6) is 0. The van der Waals surface area contributed by atoms with Crippen LogP contribution in [-0.4, -0.2) is 29.0 Å². The van der Waals surface area contributed by atoms with Crippen LogP contribution in [-0.2, 0) is 0 Å². The molecule has 0 aromatic carbocycles. The first-order valence-corrected chi connectivity index (χ1v) is 2.91. The molecule has 2 atom stereocenters. The summed E-state index contributed by atoms with van der Waals surface area (Å²) in [6.45, 7) is 3.69. The zero-order chi connectivity index (χ0) is 7.28. The van der Waals surface area contributed by atoms with Crippen LogP contribution in [0.5, 0.6) is 0 Å². The van der Waals surface area contributed by atoms with Gasteiger partial charge in [-0.2, -0.15) is 0 Å². The Morgan fingerprint density at radius 1 is 1.50 bits per heavy atom. The third kappa shape index (κ3) is 4.76. The molecule has 0 aromatic heterocycles. The smallest absolute Gasteiger partial charge is 0.0977 e. The average molecular weight is 168 g/mol. The van der Waals surface area contributed by atoms with Gasteiger partial charge in [0.05, 0.1) is 12.2 Å². The maximum Gasteiger partial charge on any atom is 0.0977 e. The molecule has 0 heterocycles. The monoisotopic (exact) mass is 167 g/mol. The molecule has 3 nitrogen and oxygen atoms in total. The Hall–Kier alpha value is -0.0900. The molecule has 4 N–H and O–H groups in total. The highest BCUT2D eigenvalue weighted by Gasteiger charge is 2.09. The van der Waals surface area contributed by atoms with Gasteiger partial charge < -0.3 is 15.9 Å². The predicted molar refractivity (Wildman–Crippen MR) is 43.1 cm³/mol. The first-order chi connectivity index (χ1) is 4.22. The average Bonchev–Trinajstić information content (AvgIpc) is 1.87. The number of aliphatic hydroxyl groups is 2. The molecule has 0 saturated carbocycles. The molecule has 0 spiro atoms. The van der Waals surface area contributed by atoms with Gasteiger partial charge in [0.15, 0.2) is 0 Å². The van der Waals surface area contributed by atoms with Gasteiger partial charge in [-0.1, -0.05) is 6.08 Å². The topological polar surface area (TPSA) is 66.5 Å². The molecule has 0 fully saturated rings.